The first-order valence-electron chi connectivity index (χ1n) is 6.24. The highest BCUT2D eigenvalue weighted by molar-refractivity contribution is 5.86. The van der Waals surface area contributed by atoms with Gasteiger partial charge in [0, 0.05) is 19.5 Å². The zero-order valence-corrected chi connectivity index (χ0v) is 11.4. The molecule has 2 amide bonds. The standard InChI is InChI=1S/C12H25N3O2/c1-5-8-13-10(16)7-9-14-11(17)12(3,4)15-6-2/h15H,5-9H2,1-4H3,(H,13,16)(H,14,17). The molecular formula is C12H25N3O2. The second kappa shape index (κ2) is 8.06. The van der Waals surface area contributed by atoms with Gasteiger partial charge in [-0.2, -0.15) is 0 Å². The molecule has 5 heteroatoms. The predicted octanol–water partition coefficient (Wildman–Crippen LogP) is 0.407. The van der Waals surface area contributed by atoms with Gasteiger partial charge in [0.05, 0.1) is 5.54 Å². The van der Waals surface area contributed by atoms with Crippen LogP contribution in [0.25, 0.3) is 0 Å². The minimum Gasteiger partial charge on any atom is -0.356 e. The zero-order chi connectivity index (χ0) is 13.3. The van der Waals surface area contributed by atoms with Gasteiger partial charge in [-0.05, 0) is 26.8 Å². The number of amides is 2. The van der Waals surface area contributed by atoms with Crippen LogP contribution in [0.1, 0.15) is 40.5 Å². The van der Waals surface area contributed by atoms with E-state index in [1.54, 1.807) is 0 Å². The summed E-state index contributed by atoms with van der Waals surface area (Å²) in [6.45, 7) is 9.40. The Labute approximate surface area is 104 Å². The van der Waals surface area contributed by atoms with E-state index in [4.69, 9.17) is 0 Å². The van der Waals surface area contributed by atoms with Crippen molar-refractivity contribution in [3.8, 4) is 0 Å². The smallest absolute Gasteiger partial charge is 0.239 e. The van der Waals surface area contributed by atoms with Crippen LogP contribution in [-0.4, -0.2) is 37.0 Å². The third-order valence-corrected chi connectivity index (χ3v) is 2.40. The number of likely N-dealkylation sites (N-methyl/N-ethyl adjacent to an activating group) is 1. The maximum atomic E-state index is 11.7. The molecule has 0 aliphatic carbocycles. The lowest BCUT2D eigenvalue weighted by Crippen LogP contribution is -2.52. The minimum atomic E-state index is -0.589. The van der Waals surface area contributed by atoms with Gasteiger partial charge in [0.1, 0.15) is 0 Å². The van der Waals surface area contributed by atoms with Crippen molar-refractivity contribution in [1.82, 2.24) is 16.0 Å². The molecule has 0 heterocycles. The van der Waals surface area contributed by atoms with E-state index in [2.05, 4.69) is 16.0 Å². The zero-order valence-electron chi connectivity index (χ0n) is 11.4. The van der Waals surface area contributed by atoms with Gasteiger partial charge in [0.2, 0.25) is 11.8 Å². The van der Waals surface area contributed by atoms with E-state index in [0.717, 1.165) is 13.0 Å². The van der Waals surface area contributed by atoms with E-state index in [1.807, 2.05) is 27.7 Å². The molecule has 0 aromatic carbocycles. The summed E-state index contributed by atoms with van der Waals surface area (Å²) in [6.07, 6.45) is 1.25. The highest BCUT2D eigenvalue weighted by atomic mass is 16.2. The largest absolute Gasteiger partial charge is 0.356 e. The summed E-state index contributed by atoms with van der Waals surface area (Å²) in [6, 6.07) is 0. The fourth-order valence-electron chi connectivity index (χ4n) is 1.39. The quantitative estimate of drug-likeness (QED) is 0.578. The molecule has 3 N–H and O–H groups in total. The Balaban J connectivity index is 3.81. The van der Waals surface area contributed by atoms with Crippen LogP contribution < -0.4 is 16.0 Å². The SMILES string of the molecule is CCCNC(=O)CCNC(=O)C(C)(C)NCC. The monoisotopic (exact) mass is 243 g/mol. The van der Waals surface area contributed by atoms with Crippen LogP contribution in [0.2, 0.25) is 0 Å². The molecule has 0 saturated carbocycles. The molecule has 0 atom stereocenters. The maximum absolute atomic E-state index is 11.7. The lowest BCUT2D eigenvalue weighted by Gasteiger charge is -2.24. The van der Waals surface area contributed by atoms with Crippen molar-refractivity contribution in [2.45, 2.75) is 46.1 Å². The van der Waals surface area contributed by atoms with Crippen molar-refractivity contribution in [2.75, 3.05) is 19.6 Å². The third-order valence-electron chi connectivity index (χ3n) is 2.40. The molecule has 0 aliphatic rings. The summed E-state index contributed by atoms with van der Waals surface area (Å²) in [5.74, 6) is -0.101. The van der Waals surface area contributed by atoms with E-state index >= 15 is 0 Å². The van der Waals surface area contributed by atoms with Crippen molar-refractivity contribution < 1.29 is 9.59 Å². The summed E-state index contributed by atoms with van der Waals surface area (Å²) in [5.41, 5.74) is -0.589. The molecule has 0 aromatic heterocycles. The maximum Gasteiger partial charge on any atom is 0.239 e. The number of nitrogens with one attached hydrogen (secondary N) is 3. The van der Waals surface area contributed by atoms with Gasteiger partial charge in [-0.1, -0.05) is 13.8 Å². The first-order chi connectivity index (χ1) is 7.94. The van der Waals surface area contributed by atoms with Gasteiger partial charge < -0.3 is 16.0 Å². The molecule has 0 saturated heterocycles. The highest BCUT2D eigenvalue weighted by Crippen LogP contribution is 2.00. The Morgan fingerprint density at radius 2 is 1.71 bits per heavy atom. The highest BCUT2D eigenvalue weighted by Gasteiger charge is 2.25. The molecule has 0 aromatic rings. The van der Waals surface area contributed by atoms with Gasteiger partial charge in [0.15, 0.2) is 0 Å². The summed E-state index contributed by atoms with van der Waals surface area (Å²) in [5, 5.41) is 8.60. The molecule has 17 heavy (non-hydrogen) atoms. The third kappa shape index (κ3) is 6.94. The Bertz CT molecular complexity index is 252. The molecular weight excluding hydrogens is 218 g/mol. The number of hydrogen-bond acceptors (Lipinski definition) is 3. The number of rotatable bonds is 8. The molecule has 0 aliphatic heterocycles. The molecule has 100 valence electrons. The van der Waals surface area contributed by atoms with Gasteiger partial charge in [-0.25, -0.2) is 0 Å². The van der Waals surface area contributed by atoms with Gasteiger partial charge in [-0.15, -0.1) is 0 Å². The Morgan fingerprint density at radius 1 is 1.06 bits per heavy atom. The molecule has 0 unspecified atom stereocenters. The summed E-state index contributed by atoms with van der Waals surface area (Å²) in [7, 11) is 0. The van der Waals surface area contributed by atoms with Crippen molar-refractivity contribution >= 4 is 11.8 Å². The van der Waals surface area contributed by atoms with Gasteiger partial charge >= 0.3 is 0 Å². The van der Waals surface area contributed by atoms with Gasteiger partial charge in [-0.3, -0.25) is 9.59 Å². The normalized spacial score (nSPS) is 11.1. The van der Waals surface area contributed by atoms with E-state index in [-0.39, 0.29) is 11.8 Å². The summed E-state index contributed by atoms with van der Waals surface area (Å²) >= 11 is 0. The molecule has 5 nitrogen and oxygen atoms in total. The first kappa shape index (κ1) is 15.9. The minimum absolute atomic E-state index is 0.0200. The van der Waals surface area contributed by atoms with Crippen molar-refractivity contribution in [3.63, 3.8) is 0 Å². The molecule has 0 rings (SSSR count). The predicted molar refractivity (Wildman–Crippen MR) is 68.7 cm³/mol. The number of hydrogen-bond donors (Lipinski definition) is 3. The van der Waals surface area contributed by atoms with Crippen LogP contribution in [0.4, 0.5) is 0 Å². The lowest BCUT2D eigenvalue weighted by atomic mass is 10.0. The summed E-state index contributed by atoms with van der Waals surface area (Å²) in [4.78, 5) is 23.0. The molecule has 0 bridgehead atoms. The average Bonchev–Trinajstić information content (AvgIpc) is 2.26. The average molecular weight is 243 g/mol. The van der Waals surface area contributed by atoms with Crippen LogP contribution in [-0.2, 0) is 9.59 Å². The second-order valence-electron chi connectivity index (χ2n) is 4.51. The topological polar surface area (TPSA) is 70.2 Å². The van der Waals surface area contributed by atoms with Crippen LogP contribution in [0, 0.1) is 0 Å². The Morgan fingerprint density at radius 3 is 2.24 bits per heavy atom. The molecule has 0 radical (unpaired) electrons. The van der Waals surface area contributed by atoms with Crippen molar-refractivity contribution in [2.24, 2.45) is 0 Å². The van der Waals surface area contributed by atoms with E-state index in [9.17, 15) is 9.59 Å². The summed E-state index contributed by atoms with van der Waals surface area (Å²) < 4.78 is 0. The fraction of sp³-hybridized carbons (Fsp3) is 0.833. The van der Waals surface area contributed by atoms with Crippen molar-refractivity contribution in [3.05, 3.63) is 0 Å². The Kier molecular flexibility index (Phi) is 7.54. The Hall–Kier alpha value is -1.10. The van der Waals surface area contributed by atoms with Crippen molar-refractivity contribution in [1.29, 1.82) is 0 Å². The lowest BCUT2D eigenvalue weighted by molar-refractivity contribution is -0.126. The molecule has 0 spiro atoms. The van der Waals surface area contributed by atoms with E-state index in [1.165, 1.54) is 0 Å². The fourth-order valence-corrected chi connectivity index (χ4v) is 1.39. The van der Waals surface area contributed by atoms with Crippen LogP contribution in [0.3, 0.4) is 0 Å². The van der Waals surface area contributed by atoms with E-state index in [0.29, 0.717) is 19.5 Å². The number of carbonyl (C=O) groups excluding carboxylic acids is 2. The second-order valence-corrected chi connectivity index (χ2v) is 4.51. The van der Waals surface area contributed by atoms with Crippen LogP contribution in [0.15, 0.2) is 0 Å². The first-order valence-corrected chi connectivity index (χ1v) is 6.24. The molecule has 0 fully saturated rings. The van der Waals surface area contributed by atoms with Crippen LogP contribution in [0.5, 0.6) is 0 Å². The van der Waals surface area contributed by atoms with Crippen LogP contribution >= 0.6 is 0 Å². The van der Waals surface area contributed by atoms with E-state index < -0.39 is 5.54 Å². The van der Waals surface area contributed by atoms with Gasteiger partial charge in [0.25, 0.3) is 0 Å². The number of carbonyl (C=O) groups is 2.